The molecule has 3 aliphatic rings. The number of anilines is 1. The molecular weight excluding hydrogens is 649 g/mol. The zero-order chi connectivity index (χ0) is 34.2. The highest BCUT2D eigenvalue weighted by Crippen LogP contribution is 2.40. The molecule has 13 heteroatoms. The molecule has 2 saturated heterocycles. The zero-order valence-electron chi connectivity index (χ0n) is 26.8. The summed E-state index contributed by atoms with van der Waals surface area (Å²) in [5.74, 6) is -7.72. The third-order valence-electron chi connectivity index (χ3n) is 10.1. The number of carbonyl (C=O) groups excluding carboxylic acids is 2. The lowest BCUT2D eigenvalue weighted by Crippen LogP contribution is -2.69. The first-order chi connectivity index (χ1) is 22.9. The van der Waals surface area contributed by atoms with Crippen LogP contribution in [0.2, 0.25) is 5.02 Å². The molecule has 258 valence electrons. The molecule has 1 amide bonds. The van der Waals surface area contributed by atoms with Crippen molar-refractivity contribution in [1.82, 2.24) is 14.4 Å². The van der Waals surface area contributed by atoms with Crippen molar-refractivity contribution >= 4 is 45.9 Å². The Morgan fingerprint density at radius 1 is 1.02 bits per heavy atom. The number of aromatic nitrogens is 1. The van der Waals surface area contributed by atoms with Gasteiger partial charge in [0.2, 0.25) is 5.85 Å². The number of amides is 1. The van der Waals surface area contributed by atoms with Gasteiger partial charge in [-0.05, 0) is 62.3 Å². The second-order valence-corrected chi connectivity index (χ2v) is 13.6. The molecule has 9 nitrogen and oxygen atoms in total. The average Bonchev–Trinajstić information content (AvgIpc) is 3.72. The van der Waals surface area contributed by atoms with Gasteiger partial charge in [-0.2, -0.15) is 0 Å². The van der Waals surface area contributed by atoms with Crippen LogP contribution >= 0.6 is 11.6 Å². The highest BCUT2D eigenvalue weighted by Gasteiger charge is 2.54. The van der Waals surface area contributed by atoms with Crippen LogP contribution in [0.1, 0.15) is 67.3 Å². The van der Waals surface area contributed by atoms with Gasteiger partial charge in [0.25, 0.3) is 11.8 Å². The van der Waals surface area contributed by atoms with Gasteiger partial charge in [0.1, 0.15) is 5.82 Å². The third kappa shape index (κ3) is 6.85. The molecule has 1 aliphatic carbocycles. The topological polar surface area (TPSA) is 104 Å². The van der Waals surface area contributed by atoms with Gasteiger partial charge in [0.15, 0.2) is 5.78 Å². The minimum atomic E-state index is -2.87. The predicted octanol–water partition coefficient (Wildman–Crippen LogP) is 6.48. The molecule has 3 heterocycles. The number of piperidine rings is 1. The molecule has 3 aromatic rings. The van der Waals surface area contributed by atoms with Crippen LogP contribution in [0.15, 0.2) is 42.6 Å². The highest BCUT2D eigenvalue weighted by atomic mass is 35.5. The number of carboxylic acids is 1. The van der Waals surface area contributed by atoms with E-state index >= 15 is 4.39 Å². The third-order valence-corrected chi connectivity index (χ3v) is 10.4. The molecule has 0 spiro atoms. The minimum absolute atomic E-state index is 0.0164. The summed E-state index contributed by atoms with van der Waals surface area (Å²) in [6.07, 6.45) is 2.97. The second-order valence-electron chi connectivity index (χ2n) is 13.2. The number of likely N-dealkylation sites (tertiary alicyclic amines) is 2. The van der Waals surface area contributed by atoms with Crippen LogP contribution < -0.4 is 5.32 Å². The molecule has 3 fully saturated rings. The summed E-state index contributed by atoms with van der Waals surface area (Å²) < 4.78 is 53.1. The van der Waals surface area contributed by atoms with Crippen molar-refractivity contribution in [3.8, 4) is 0 Å². The molecule has 1 unspecified atom stereocenters. The number of halogens is 4. The van der Waals surface area contributed by atoms with E-state index in [1.54, 1.807) is 11.1 Å². The molecule has 2 aliphatic heterocycles. The molecule has 1 saturated carbocycles. The lowest BCUT2D eigenvalue weighted by Gasteiger charge is -2.51. The molecule has 1 aromatic heterocycles. The maximum absolute atomic E-state index is 15.8. The van der Waals surface area contributed by atoms with Gasteiger partial charge in [-0.1, -0.05) is 29.8 Å². The lowest BCUT2D eigenvalue weighted by atomic mass is 9.87. The van der Waals surface area contributed by atoms with Crippen molar-refractivity contribution in [1.29, 1.82) is 0 Å². The summed E-state index contributed by atoms with van der Waals surface area (Å²) in [5, 5.41) is 12.9. The Bertz CT molecular complexity index is 1690. The van der Waals surface area contributed by atoms with Crippen LogP contribution in [-0.2, 0) is 27.8 Å². The molecule has 2 N–H and O–H groups in total. The number of aliphatic carboxylic acids is 1. The molecule has 48 heavy (non-hydrogen) atoms. The smallest absolute Gasteiger partial charge is 0.306 e. The lowest BCUT2D eigenvalue weighted by molar-refractivity contribution is -0.266. The first-order valence-corrected chi connectivity index (χ1v) is 16.9. The zero-order valence-corrected chi connectivity index (χ0v) is 27.6. The Morgan fingerprint density at radius 2 is 1.67 bits per heavy atom. The van der Waals surface area contributed by atoms with Crippen LogP contribution in [0.3, 0.4) is 0 Å². The average molecular weight is 689 g/mol. The van der Waals surface area contributed by atoms with E-state index in [-0.39, 0.29) is 29.4 Å². The molecule has 0 bridgehead atoms. The van der Waals surface area contributed by atoms with Crippen molar-refractivity contribution in [2.45, 2.75) is 75.7 Å². The van der Waals surface area contributed by atoms with E-state index in [4.69, 9.17) is 16.3 Å². The van der Waals surface area contributed by atoms with Gasteiger partial charge in [-0.3, -0.25) is 24.2 Å². The van der Waals surface area contributed by atoms with Crippen LogP contribution in [0, 0.1) is 11.7 Å². The number of rotatable bonds is 10. The Balaban J connectivity index is 1.28. The van der Waals surface area contributed by atoms with Gasteiger partial charge in [-0.25, -0.2) is 13.2 Å². The van der Waals surface area contributed by atoms with Crippen LogP contribution in [0.5, 0.6) is 0 Å². The minimum Gasteiger partial charge on any atom is -0.481 e. The fraction of sp³-hybridized carbons (Fsp3) is 0.514. The summed E-state index contributed by atoms with van der Waals surface area (Å²) >= 11 is 6.57. The second kappa shape index (κ2) is 13.8. The largest absolute Gasteiger partial charge is 0.481 e. The normalized spacial score (nSPS) is 23.2. The van der Waals surface area contributed by atoms with Crippen molar-refractivity contribution in [2.75, 3.05) is 31.5 Å². The summed E-state index contributed by atoms with van der Waals surface area (Å²) in [6.45, 7) is 0.793. The Hall–Kier alpha value is -3.45. The highest BCUT2D eigenvalue weighted by molar-refractivity contribution is 6.34. The van der Waals surface area contributed by atoms with Crippen LogP contribution in [-0.4, -0.2) is 81.2 Å². The predicted molar refractivity (Wildman–Crippen MR) is 175 cm³/mol. The number of ether oxygens (including phenoxy) is 1. The number of alkyl halides is 2. The first-order valence-electron chi connectivity index (χ1n) is 16.5. The first kappa shape index (κ1) is 34.4. The number of carboxylic acid groups (broad SMARTS) is 1. The fourth-order valence-corrected chi connectivity index (χ4v) is 7.64. The Labute approximate surface area is 281 Å². The van der Waals surface area contributed by atoms with Crippen molar-refractivity contribution in [3.63, 3.8) is 0 Å². The quantitative estimate of drug-likeness (QED) is 0.252. The van der Waals surface area contributed by atoms with Crippen LogP contribution in [0.25, 0.3) is 10.9 Å². The van der Waals surface area contributed by atoms with Crippen molar-refractivity contribution < 1.29 is 37.4 Å². The fourth-order valence-electron chi connectivity index (χ4n) is 7.40. The summed E-state index contributed by atoms with van der Waals surface area (Å²) in [4.78, 5) is 43.0. The number of carbonyl (C=O) groups is 3. The number of para-hydroxylation sites is 1. The number of hydrogen-bond acceptors (Lipinski definition) is 6. The Kier molecular flexibility index (Phi) is 9.90. The van der Waals surface area contributed by atoms with E-state index < -0.39 is 66.5 Å². The van der Waals surface area contributed by atoms with E-state index in [1.807, 2.05) is 40.8 Å². The van der Waals surface area contributed by atoms with E-state index in [1.165, 1.54) is 6.07 Å². The maximum atomic E-state index is 15.8. The van der Waals surface area contributed by atoms with Crippen molar-refractivity contribution in [3.05, 3.63) is 64.6 Å². The number of ketones is 1. The molecular formula is C35H40ClF3N4O5. The monoisotopic (exact) mass is 688 g/mol. The number of hydrogen-bond donors (Lipinski definition) is 2. The molecule has 1 atom stereocenters. The summed E-state index contributed by atoms with van der Waals surface area (Å²) in [5.41, 5.74) is 1.27. The number of aryl methyl sites for hydroxylation is 1. The van der Waals surface area contributed by atoms with Gasteiger partial charge >= 0.3 is 5.97 Å². The maximum Gasteiger partial charge on any atom is 0.306 e. The van der Waals surface area contributed by atoms with E-state index in [0.717, 1.165) is 29.8 Å². The van der Waals surface area contributed by atoms with Crippen LogP contribution in [0.4, 0.5) is 18.9 Å². The van der Waals surface area contributed by atoms with Crippen molar-refractivity contribution in [2.24, 2.45) is 13.0 Å². The number of nitrogens with one attached hydrogen (secondary N) is 1. The van der Waals surface area contributed by atoms with Gasteiger partial charge < -0.3 is 19.7 Å². The SMILES string of the molecule is Cn1cc(C(=O)Nc2cc(F)c(CC(=O)C(OC3CCC(C(=O)O)CC3)(N3CCCC3)N3CCC(F)(F)CC3)cc2Cl)c2ccccc21. The van der Waals surface area contributed by atoms with Gasteiger partial charge in [0.05, 0.1) is 28.3 Å². The molecule has 6 rings (SSSR count). The number of fused-ring (bicyclic) bond motifs is 1. The standard InChI is InChI=1S/C35H40ClF3N4O5/c1-41-21-26(25-6-2-3-7-30(25)41)32(45)40-29-20-28(37)23(18-27(29)36)19-31(44)35(42-14-4-5-15-42,43-16-12-34(38,39)13-17-43)48-24-10-8-22(9-11-24)33(46)47/h2-3,6-7,18,20-22,24H,4-5,8-17,19H2,1H3,(H,40,45)(H,46,47). The summed E-state index contributed by atoms with van der Waals surface area (Å²) in [7, 11) is 1.82. The number of Topliss-reactive ketones (excluding diaryl/α,β-unsaturated/α-hetero) is 1. The van der Waals surface area contributed by atoms with E-state index in [0.29, 0.717) is 44.3 Å². The van der Waals surface area contributed by atoms with E-state index in [2.05, 4.69) is 5.32 Å². The Morgan fingerprint density at radius 3 is 2.33 bits per heavy atom. The number of nitrogens with zero attached hydrogens (tertiary/aromatic N) is 3. The van der Waals surface area contributed by atoms with E-state index in [9.17, 15) is 28.3 Å². The number of benzene rings is 2. The van der Waals surface area contributed by atoms with Gasteiger partial charge in [-0.15, -0.1) is 0 Å². The van der Waals surface area contributed by atoms with Gasteiger partial charge in [0, 0.05) is 69.6 Å². The molecule has 0 radical (unpaired) electrons. The molecule has 2 aromatic carbocycles. The summed E-state index contributed by atoms with van der Waals surface area (Å²) in [6, 6.07) is 9.78.